The number of alkyl halides is 1. The summed E-state index contributed by atoms with van der Waals surface area (Å²) in [5.74, 6) is 1.82. The zero-order chi connectivity index (χ0) is 12.8. The van der Waals surface area contributed by atoms with Crippen LogP contribution in [0.15, 0.2) is 48.5 Å². The second-order valence-electron chi connectivity index (χ2n) is 4.04. The Morgan fingerprint density at radius 3 is 2.50 bits per heavy atom. The van der Waals surface area contributed by atoms with Gasteiger partial charge >= 0.3 is 0 Å². The van der Waals surface area contributed by atoms with E-state index in [2.05, 4.69) is 34.7 Å². The lowest BCUT2D eigenvalue weighted by molar-refractivity contribution is 0.464. The van der Waals surface area contributed by atoms with Gasteiger partial charge in [0, 0.05) is 0 Å². The number of aromatic hydroxyl groups is 1. The smallest absolute Gasteiger partial charge is 0.127 e. The molecule has 2 aromatic rings. The molecular formula is C15H15IO2. The highest BCUT2D eigenvalue weighted by atomic mass is 127. The van der Waals surface area contributed by atoms with Crippen molar-refractivity contribution in [3.63, 3.8) is 0 Å². The highest BCUT2D eigenvalue weighted by molar-refractivity contribution is 14.1. The summed E-state index contributed by atoms with van der Waals surface area (Å²) in [4.78, 5) is 0. The molecule has 0 aliphatic carbocycles. The first-order valence-electron chi connectivity index (χ1n) is 5.90. The molecule has 0 aromatic heterocycles. The van der Waals surface area contributed by atoms with E-state index in [9.17, 15) is 5.11 Å². The Balaban J connectivity index is 2.06. The Labute approximate surface area is 121 Å². The van der Waals surface area contributed by atoms with E-state index < -0.39 is 0 Å². The third-order valence-corrected chi connectivity index (χ3v) is 3.33. The zero-order valence-corrected chi connectivity index (χ0v) is 12.1. The first-order valence-corrected chi connectivity index (χ1v) is 7.42. The first-order chi connectivity index (χ1) is 8.78. The van der Waals surface area contributed by atoms with Crippen LogP contribution in [0.4, 0.5) is 0 Å². The Kier molecular flexibility index (Phi) is 4.87. The van der Waals surface area contributed by atoms with Crippen molar-refractivity contribution in [1.29, 1.82) is 0 Å². The second-order valence-corrected chi connectivity index (χ2v) is 5.11. The number of hydrogen-bond donors (Lipinski definition) is 1. The molecule has 0 heterocycles. The van der Waals surface area contributed by atoms with Crippen molar-refractivity contribution in [2.45, 2.75) is 12.8 Å². The van der Waals surface area contributed by atoms with Gasteiger partial charge in [-0.25, -0.2) is 0 Å². The van der Waals surface area contributed by atoms with Crippen LogP contribution in [0.2, 0.25) is 0 Å². The molecule has 0 radical (unpaired) electrons. The van der Waals surface area contributed by atoms with Crippen molar-refractivity contribution in [3.05, 3.63) is 54.1 Å². The summed E-state index contributed by atoms with van der Waals surface area (Å²) in [6.07, 6.45) is 2.26. The molecule has 18 heavy (non-hydrogen) atoms. The van der Waals surface area contributed by atoms with Gasteiger partial charge in [-0.3, -0.25) is 0 Å². The van der Waals surface area contributed by atoms with E-state index in [1.165, 1.54) is 16.4 Å². The quantitative estimate of drug-likeness (QED) is 0.631. The van der Waals surface area contributed by atoms with Crippen LogP contribution in [0.3, 0.4) is 0 Å². The van der Waals surface area contributed by atoms with Gasteiger partial charge in [0.05, 0.1) is 0 Å². The maximum atomic E-state index is 9.21. The number of phenols is 1. The van der Waals surface area contributed by atoms with Crippen molar-refractivity contribution in [3.8, 4) is 17.2 Å². The molecule has 0 bridgehead atoms. The number of ether oxygens (including phenoxy) is 1. The van der Waals surface area contributed by atoms with E-state index in [1.54, 1.807) is 24.3 Å². The summed E-state index contributed by atoms with van der Waals surface area (Å²) >= 11 is 2.39. The van der Waals surface area contributed by atoms with Gasteiger partial charge in [0.2, 0.25) is 0 Å². The normalized spacial score (nSPS) is 10.3. The molecule has 0 amide bonds. The second kappa shape index (κ2) is 6.64. The topological polar surface area (TPSA) is 29.5 Å². The minimum atomic E-state index is 0.248. The molecule has 2 aromatic carbocycles. The number of phenolic OH excluding ortho intramolecular Hbond substituents is 1. The minimum Gasteiger partial charge on any atom is -0.508 e. The Morgan fingerprint density at radius 1 is 1.00 bits per heavy atom. The lowest BCUT2D eigenvalue weighted by Crippen LogP contribution is -1.88. The molecule has 0 aliphatic heterocycles. The number of rotatable bonds is 5. The molecular weight excluding hydrogens is 339 g/mol. The zero-order valence-electron chi connectivity index (χ0n) is 9.97. The van der Waals surface area contributed by atoms with Crippen molar-refractivity contribution in [1.82, 2.24) is 0 Å². The summed E-state index contributed by atoms with van der Waals surface area (Å²) < 4.78 is 6.91. The van der Waals surface area contributed by atoms with E-state index in [0.717, 1.165) is 17.9 Å². The van der Waals surface area contributed by atoms with Gasteiger partial charge < -0.3 is 9.84 Å². The fourth-order valence-corrected chi connectivity index (χ4v) is 2.07. The molecule has 0 saturated heterocycles. The maximum Gasteiger partial charge on any atom is 0.127 e. The lowest BCUT2D eigenvalue weighted by Gasteiger charge is -2.07. The molecule has 0 unspecified atom stereocenters. The largest absolute Gasteiger partial charge is 0.508 e. The van der Waals surface area contributed by atoms with Crippen LogP contribution in [0.5, 0.6) is 17.2 Å². The molecule has 0 atom stereocenters. The monoisotopic (exact) mass is 354 g/mol. The van der Waals surface area contributed by atoms with Crippen molar-refractivity contribution < 1.29 is 9.84 Å². The Hall–Kier alpha value is -1.23. The van der Waals surface area contributed by atoms with Gasteiger partial charge in [0.25, 0.3) is 0 Å². The molecule has 3 heteroatoms. The summed E-state index contributed by atoms with van der Waals surface area (Å²) in [6, 6.07) is 14.9. The molecule has 0 spiro atoms. The van der Waals surface area contributed by atoms with Gasteiger partial charge in [-0.1, -0.05) is 34.7 Å². The number of benzene rings is 2. The lowest BCUT2D eigenvalue weighted by atomic mass is 10.1. The summed E-state index contributed by atoms with van der Waals surface area (Å²) in [6.45, 7) is 0. The number of aryl methyl sites for hydroxylation is 1. The summed E-state index contributed by atoms with van der Waals surface area (Å²) in [7, 11) is 0. The predicted octanol–water partition coefficient (Wildman–Crippen LogP) is 4.55. The van der Waals surface area contributed by atoms with Gasteiger partial charge in [0.15, 0.2) is 0 Å². The Morgan fingerprint density at radius 2 is 1.78 bits per heavy atom. The number of hydrogen-bond acceptors (Lipinski definition) is 2. The van der Waals surface area contributed by atoms with Gasteiger partial charge in [0.1, 0.15) is 17.2 Å². The molecule has 0 saturated carbocycles. The van der Waals surface area contributed by atoms with Gasteiger partial charge in [-0.05, 0) is 59.2 Å². The third kappa shape index (κ3) is 3.91. The number of halogens is 1. The maximum absolute atomic E-state index is 9.21. The van der Waals surface area contributed by atoms with E-state index >= 15 is 0 Å². The van der Waals surface area contributed by atoms with Crippen molar-refractivity contribution >= 4 is 22.6 Å². The first kappa shape index (κ1) is 13.2. The van der Waals surface area contributed by atoms with Gasteiger partial charge in [-0.2, -0.15) is 0 Å². The van der Waals surface area contributed by atoms with Crippen LogP contribution in [-0.2, 0) is 6.42 Å². The molecule has 94 valence electrons. The summed E-state index contributed by atoms with van der Waals surface area (Å²) in [5.41, 5.74) is 1.29. The summed E-state index contributed by atoms with van der Waals surface area (Å²) in [5, 5.41) is 9.21. The molecule has 2 rings (SSSR count). The van der Waals surface area contributed by atoms with Crippen LogP contribution < -0.4 is 4.74 Å². The van der Waals surface area contributed by atoms with Crippen LogP contribution in [-0.4, -0.2) is 9.53 Å². The van der Waals surface area contributed by atoms with E-state index in [-0.39, 0.29) is 5.75 Å². The van der Waals surface area contributed by atoms with Crippen LogP contribution in [0.1, 0.15) is 12.0 Å². The molecule has 2 nitrogen and oxygen atoms in total. The van der Waals surface area contributed by atoms with E-state index in [1.807, 2.05) is 12.1 Å². The van der Waals surface area contributed by atoms with Crippen molar-refractivity contribution in [2.24, 2.45) is 0 Å². The highest BCUT2D eigenvalue weighted by Crippen LogP contribution is 2.24. The predicted molar refractivity (Wildman–Crippen MR) is 81.8 cm³/mol. The molecule has 0 aliphatic rings. The average Bonchev–Trinajstić information content (AvgIpc) is 2.40. The Bertz CT molecular complexity index is 494. The fraction of sp³-hybridized carbons (Fsp3) is 0.200. The van der Waals surface area contributed by atoms with Crippen LogP contribution in [0, 0.1) is 0 Å². The molecule has 1 N–H and O–H groups in total. The minimum absolute atomic E-state index is 0.248. The standard InChI is InChI=1S/C15H15IO2/c16-10-2-4-12-3-1-5-15(11-12)18-14-8-6-13(17)7-9-14/h1,3,5-9,11,17H,2,4,10H2. The van der Waals surface area contributed by atoms with Crippen molar-refractivity contribution in [2.75, 3.05) is 4.43 Å². The highest BCUT2D eigenvalue weighted by Gasteiger charge is 1.99. The van der Waals surface area contributed by atoms with Crippen LogP contribution in [0.25, 0.3) is 0 Å². The SMILES string of the molecule is Oc1ccc(Oc2cccc(CCCI)c2)cc1. The van der Waals surface area contributed by atoms with E-state index in [4.69, 9.17) is 4.74 Å². The average molecular weight is 354 g/mol. The fourth-order valence-electron chi connectivity index (χ4n) is 1.69. The molecule has 0 fully saturated rings. The van der Waals surface area contributed by atoms with Crippen LogP contribution >= 0.6 is 22.6 Å². The third-order valence-electron chi connectivity index (χ3n) is 2.57. The van der Waals surface area contributed by atoms with Gasteiger partial charge in [-0.15, -0.1) is 0 Å². The van der Waals surface area contributed by atoms with E-state index in [0.29, 0.717) is 0 Å².